The van der Waals surface area contributed by atoms with Crippen LogP contribution < -0.4 is 5.32 Å². The average molecular weight is 317 g/mol. The van der Waals surface area contributed by atoms with E-state index in [-0.39, 0.29) is 6.04 Å². The number of rotatable bonds is 3. The summed E-state index contributed by atoms with van der Waals surface area (Å²) in [6.45, 7) is 4.33. The Morgan fingerprint density at radius 2 is 1.71 bits per heavy atom. The monoisotopic (exact) mass is 317 g/mol. The second-order valence-corrected chi connectivity index (χ2v) is 6.37. The molecule has 2 aromatic carbocycles. The highest BCUT2D eigenvalue weighted by Gasteiger charge is 2.24. The Morgan fingerprint density at radius 3 is 2.62 bits per heavy atom. The highest BCUT2D eigenvalue weighted by Crippen LogP contribution is 2.33. The van der Waals surface area contributed by atoms with Crippen LogP contribution in [0.25, 0.3) is 10.9 Å². The third kappa shape index (κ3) is 3.05. The van der Waals surface area contributed by atoms with Crippen molar-refractivity contribution in [3.8, 4) is 0 Å². The molecule has 0 saturated carbocycles. The van der Waals surface area contributed by atoms with Crippen LogP contribution in [-0.2, 0) is 0 Å². The van der Waals surface area contributed by atoms with E-state index < -0.39 is 0 Å². The fraction of sp³-hybridized carbons (Fsp3) is 0.286. The fourth-order valence-corrected chi connectivity index (χ4v) is 3.70. The van der Waals surface area contributed by atoms with Crippen molar-refractivity contribution in [3.63, 3.8) is 0 Å². The van der Waals surface area contributed by atoms with Crippen molar-refractivity contribution < 1.29 is 0 Å². The summed E-state index contributed by atoms with van der Waals surface area (Å²) in [6.07, 6.45) is 3.13. The van der Waals surface area contributed by atoms with E-state index in [2.05, 4.69) is 75.9 Å². The predicted octanol–water partition coefficient (Wildman–Crippen LogP) is 3.62. The lowest BCUT2D eigenvalue weighted by Gasteiger charge is -2.32. The van der Waals surface area contributed by atoms with Gasteiger partial charge < -0.3 is 5.32 Å². The molecule has 2 heterocycles. The van der Waals surface area contributed by atoms with Gasteiger partial charge in [-0.05, 0) is 36.2 Å². The molecule has 3 aromatic rings. The van der Waals surface area contributed by atoms with Gasteiger partial charge in [-0.25, -0.2) is 0 Å². The van der Waals surface area contributed by atoms with Gasteiger partial charge in [-0.3, -0.25) is 9.88 Å². The minimum absolute atomic E-state index is 0.277. The van der Waals surface area contributed by atoms with E-state index in [0.717, 1.165) is 31.7 Å². The summed E-state index contributed by atoms with van der Waals surface area (Å²) in [5, 5.41) is 4.77. The topological polar surface area (TPSA) is 28.2 Å². The molecule has 1 N–H and O–H groups in total. The number of hydrogen-bond donors (Lipinski definition) is 1. The second-order valence-electron chi connectivity index (χ2n) is 6.37. The molecule has 3 nitrogen and oxygen atoms in total. The van der Waals surface area contributed by atoms with Crippen LogP contribution in [0.15, 0.2) is 66.9 Å². The van der Waals surface area contributed by atoms with Gasteiger partial charge in [0.05, 0.1) is 11.6 Å². The standard InChI is InChI=1S/C21H23N3/c1-2-7-17(8-3-1)21(24-15-6-12-22-14-16-24)19-11-13-23-20-10-5-4-9-18(19)20/h1-5,7-11,13,21-22H,6,12,14-16H2. The van der Waals surface area contributed by atoms with Crippen molar-refractivity contribution in [2.24, 2.45) is 0 Å². The third-order valence-corrected chi connectivity index (χ3v) is 4.83. The van der Waals surface area contributed by atoms with Crippen molar-refractivity contribution in [2.45, 2.75) is 12.5 Å². The fourth-order valence-electron chi connectivity index (χ4n) is 3.70. The Bertz CT molecular complexity index is 787. The Balaban J connectivity index is 1.85. The molecule has 122 valence electrons. The Morgan fingerprint density at radius 1 is 0.875 bits per heavy atom. The molecular weight excluding hydrogens is 294 g/mol. The van der Waals surface area contributed by atoms with Crippen LogP contribution in [0.2, 0.25) is 0 Å². The largest absolute Gasteiger partial charge is 0.315 e. The lowest BCUT2D eigenvalue weighted by atomic mass is 9.94. The molecule has 0 aliphatic carbocycles. The first-order chi connectivity index (χ1) is 11.9. The summed E-state index contributed by atoms with van der Waals surface area (Å²) < 4.78 is 0. The summed E-state index contributed by atoms with van der Waals surface area (Å²) in [5.41, 5.74) is 3.79. The van der Waals surface area contributed by atoms with E-state index in [1.54, 1.807) is 0 Å². The van der Waals surface area contributed by atoms with Gasteiger partial charge in [0.2, 0.25) is 0 Å². The summed E-state index contributed by atoms with van der Waals surface area (Å²) in [5.74, 6) is 0. The highest BCUT2D eigenvalue weighted by molar-refractivity contribution is 5.82. The first kappa shape index (κ1) is 15.3. The molecule has 1 aliphatic heterocycles. The second kappa shape index (κ2) is 7.12. The van der Waals surface area contributed by atoms with Crippen molar-refractivity contribution >= 4 is 10.9 Å². The number of hydrogen-bond acceptors (Lipinski definition) is 3. The highest BCUT2D eigenvalue weighted by atomic mass is 15.2. The Hall–Kier alpha value is -2.23. The van der Waals surface area contributed by atoms with E-state index in [1.165, 1.54) is 22.9 Å². The molecule has 0 spiro atoms. The van der Waals surface area contributed by atoms with Gasteiger partial charge in [-0.2, -0.15) is 0 Å². The summed E-state index contributed by atoms with van der Waals surface area (Å²) in [7, 11) is 0. The molecule has 4 rings (SSSR count). The molecule has 0 amide bonds. The first-order valence-corrected chi connectivity index (χ1v) is 8.77. The molecule has 1 atom stereocenters. The Labute approximate surface area is 143 Å². The lowest BCUT2D eigenvalue weighted by molar-refractivity contribution is 0.242. The van der Waals surface area contributed by atoms with E-state index in [0.29, 0.717) is 0 Å². The molecule has 0 bridgehead atoms. The lowest BCUT2D eigenvalue weighted by Crippen LogP contribution is -2.33. The molecule has 1 fully saturated rings. The van der Waals surface area contributed by atoms with E-state index in [1.807, 2.05) is 6.20 Å². The minimum Gasteiger partial charge on any atom is -0.315 e. The third-order valence-electron chi connectivity index (χ3n) is 4.83. The van der Waals surface area contributed by atoms with Crippen LogP contribution in [0, 0.1) is 0 Å². The molecule has 1 unspecified atom stereocenters. The van der Waals surface area contributed by atoms with Gasteiger partial charge in [-0.1, -0.05) is 48.5 Å². The van der Waals surface area contributed by atoms with E-state index in [9.17, 15) is 0 Å². The van der Waals surface area contributed by atoms with Crippen LogP contribution >= 0.6 is 0 Å². The van der Waals surface area contributed by atoms with Crippen LogP contribution in [-0.4, -0.2) is 36.1 Å². The van der Waals surface area contributed by atoms with Gasteiger partial charge in [0.25, 0.3) is 0 Å². The predicted molar refractivity (Wildman–Crippen MR) is 99.1 cm³/mol. The van der Waals surface area contributed by atoms with Crippen molar-refractivity contribution in [2.75, 3.05) is 26.2 Å². The maximum atomic E-state index is 4.55. The van der Waals surface area contributed by atoms with Gasteiger partial charge in [0.15, 0.2) is 0 Å². The number of nitrogens with one attached hydrogen (secondary N) is 1. The Kier molecular flexibility index (Phi) is 4.54. The minimum atomic E-state index is 0.277. The van der Waals surface area contributed by atoms with Crippen LogP contribution in [0.5, 0.6) is 0 Å². The molecule has 1 aromatic heterocycles. The van der Waals surface area contributed by atoms with Crippen molar-refractivity contribution in [1.29, 1.82) is 0 Å². The van der Waals surface area contributed by atoms with Gasteiger partial charge in [0, 0.05) is 31.2 Å². The zero-order valence-electron chi connectivity index (χ0n) is 13.9. The van der Waals surface area contributed by atoms with Crippen molar-refractivity contribution in [3.05, 3.63) is 78.0 Å². The normalized spacial score (nSPS) is 17.5. The van der Waals surface area contributed by atoms with Gasteiger partial charge >= 0.3 is 0 Å². The van der Waals surface area contributed by atoms with E-state index in [4.69, 9.17) is 0 Å². The van der Waals surface area contributed by atoms with Gasteiger partial charge in [0.1, 0.15) is 0 Å². The molecular formula is C21H23N3. The average Bonchev–Trinajstić information content (AvgIpc) is 2.93. The molecule has 0 radical (unpaired) electrons. The quantitative estimate of drug-likeness (QED) is 0.800. The summed E-state index contributed by atoms with van der Waals surface area (Å²) in [4.78, 5) is 7.16. The SMILES string of the molecule is c1ccc(C(c2ccnc3ccccc23)N2CCCNCC2)cc1. The molecule has 3 heteroatoms. The first-order valence-electron chi connectivity index (χ1n) is 8.77. The maximum absolute atomic E-state index is 4.55. The van der Waals surface area contributed by atoms with Gasteiger partial charge in [-0.15, -0.1) is 0 Å². The zero-order chi connectivity index (χ0) is 16.2. The summed E-state index contributed by atoms with van der Waals surface area (Å²) >= 11 is 0. The number of nitrogens with zero attached hydrogens (tertiary/aromatic N) is 2. The summed E-state index contributed by atoms with van der Waals surface area (Å²) in [6, 6.07) is 21.8. The van der Waals surface area contributed by atoms with Crippen LogP contribution in [0.3, 0.4) is 0 Å². The zero-order valence-corrected chi connectivity index (χ0v) is 13.9. The number of para-hydroxylation sites is 1. The van der Waals surface area contributed by atoms with E-state index >= 15 is 0 Å². The maximum Gasteiger partial charge on any atom is 0.0705 e. The number of aromatic nitrogens is 1. The number of fused-ring (bicyclic) bond motifs is 1. The smallest absolute Gasteiger partial charge is 0.0705 e. The number of pyridine rings is 1. The number of benzene rings is 2. The molecule has 1 saturated heterocycles. The molecule has 24 heavy (non-hydrogen) atoms. The molecule has 1 aliphatic rings. The van der Waals surface area contributed by atoms with Crippen molar-refractivity contribution in [1.82, 2.24) is 15.2 Å². The van der Waals surface area contributed by atoms with Crippen LogP contribution in [0.4, 0.5) is 0 Å². The van der Waals surface area contributed by atoms with Crippen LogP contribution in [0.1, 0.15) is 23.6 Å².